The number of rotatable bonds is 6. The molecule has 8 atom stereocenters. The van der Waals surface area contributed by atoms with E-state index in [-0.39, 0.29) is 12.1 Å². The van der Waals surface area contributed by atoms with Crippen LogP contribution in [0.15, 0.2) is 11.6 Å². The third kappa shape index (κ3) is 4.26. The van der Waals surface area contributed by atoms with Crippen LogP contribution in [-0.2, 0) is 9.53 Å². The van der Waals surface area contributed by atoms with Gasteiger partial charge in [0.2, 0.25) is 0 Å². The molecule has 0 N–H and O–H groups in total. The van der Waals surface area contributed by atoms with Gasteiger partial charge < -0.3 is 4.74 Å². The lowest BCUT2D eigenvalue weighted by atomic mass is 9.47. The standard InChI is InChI=1S/C29H48O2/c1-19(2)8-7-9-20(3)25-12-13-26-24-11-10-22-18-23(31-21(4)30)14-16-28(22,5)27(24)15-17-29(25,26)6/h10,19-20,23-27H,7-9,11-18H2,1-6H3/t20?,23-,24-,25+,26-,27-,28-,29+/m0/s1. The van der Waals surface area contributed by atoms with Crippen molar-refractivity contribution >= 4 is 5.97 Å². The van der Waals surface area contributed by atoms with E-state index in [9.17, 15) is 4.79 Å². The molecule has 0 heterocycles. The molecule has 2 heteroatoms. The zero-order valence-electron chi connectivity index (χ0n) is 21.2. The van der Waals surface area contributed by atoms with E-state index in [0.29, 0.717) is 10.8 Å². The zero-order chi connectivity index (χ0) is 22.4. The van der Waals surface area contributed by atoms with Gasteiger partial charge in [-0.1, -0.05) is 65.5 Å². The molecule has 0 aromatic rings. The van der Waals surface area contributed by atoms with Crippen molar-refractivity contribution in [3.05, 3.63) is 11.6 Å². The lowest BCUT2D eigenvalue weighted by Crippen LogP contribution is -2.51. The normalized spacial score (nSPS) is 42.9. The number of carbonyl (C=O) groups is 1. The van der Waals surface area contributed by atoms with E-state index in [1.165, 1.54) is 57.8 Å². The van der Waals surface area contributed by atoms with Crippen LogP contribution in [0.1, 0.15) is 112 Å². The number of ether oxygens (including phenoxy) is 1. The largest absolute Gasteiger partial charge is 0.462 e. The first-order valence-corrected chi connectivity index (χ1v) is 13.5. The monoisotopic (exact) mass is 428 g/mol. The van der Waals surface area contributed by atoms with Crippen molar-refractivity contribution in [3.8, 4) is 0 Å². The van der Waals surface area contributed by atoms with Crippen molar-refractivity contribution in [1.29, 1.82) is 0 Å². The van der Waals surface area contributed by atoms with Gasteiger partial charge in [0.05, 0.1) is 0 Å². The maximum Gasteiger partial charge on any atom is 0.302 e. The second-order valence-corrected chi connectivity index (χ2v) is 12.8. The Morgan fingerprint density at radius 2 is 1.84 bits per heavy atom. The molecule has 0 aromatic carbocycles. The molecule has 0 aromatic heterocycles. The summed E-state index contributed by atoms with van der Waals surface area (Å²) in [5.74, 6) is 5.19. The van der Waals surface area contributed by atoms with Gasteiger partial charge in [-0.15, -0.1) is 0 Å². The van der Waals surface area contributed by atoms with Crippen LogP contribution in [0, 0.1) is 46.3 Å². The van der Waals surface area contributed by atoms with Crippen LogP contribution in [0.4, 0.5) is 0 Å². The summed E-state index contributed by atoms with van der Waals surface area (Å²) in [6, 6.07) is 0. The Bertz CT molecular complexity index is 693. The van der Waals surface area contributed by atoms with Gasteiger partial charge in [0.15, 0.2) is 0 Å². The molecule has 0 aliphatic heterocycles. The van der Waals surface area contributed by atoms with Crippen molar-refractivity contribution in [3.63, 3.8) is 0 Å². The fourth-order valence-electron chi connectivity index (χ4n) is 8.99. The van der Waals surface area contributed by atoms with E-state index < -0.39 is 0 Å². The van der Waals surface area contributed by atoms with Crippen LogP contribution in [-0.4, -0.2) is 12.1 Å². The summed E-state index contributed by atoms with van der Waals surface area (Å²) in [6.07, 6.45) is 17.2. The Balaban J connectivity index is 1.47. The van der Waals surface area contributed by atoms with Gasteiger partial charge in [0.25, 0.3) is 0 Å². The van der Waals surface area contributed by atoms with Gasteiger partial charge >= 0.3 is 5.97 Å². The van der Waals surface area contributed by atoms with Crippen LogP contribution in [0.3, 0.4) is 0 Å². The van der Waals surface area contributed by atoms with E-state index in [2.05, 4.69) is 40.7 Å². The number of allylic oxidation sites excluding steroid dienone is 1. The molecule has 0 radical (unpaired) electrons. The molecule has 0 saturated heterocycles. The second-order valence-electron chi connectivity index (χ2n) is 12.8. The Labute approximate surface area is 192 Å². The van der Waals surface area contributed by atoms with Crippen LogP contribution >= 0.6 is 0 Å². The molecular weight excluding hydrogens is 380 g/mol. The molecule has 2 nitrogen and oxygen atoms in total. The van der Waals surface area contributed by atoms with Crippen LogP contribution in [0.25, 0.3) is 0 Å². The topological polar surface area (TPSA) is 26.3 Å². The number of carbonyl (C=O) groups excluding carboxylic acids is 1. The Hall–Kier alpha value is -0.790. The lowest BCUT2D eigenvalue weighted by Gasteiger charge is -2.58. The summed E-state index contributed by atoms with van der Waals surface area (Å²) >= 11 is 0. The fourth-order valence-corrected chi connectivity index (χ4v) is 8.99. The van der Waals surface area contributed by atoms with Crippen molar-refractivity contribution in [2.75, 3.05) is 0 Å². The Morgan fingerprint density at radius 1 is 1.06 bits per heavy atom. The highest BCUT2D eigenvalue weighted by molar-refractivity contribution is 5.66. The van der Waals surface area contributed by atoms with Crippen LogP contribution in [0.2, 0.25) is 0 Å². The van der Waals surface area contributed by atoms with E-state index in [1.54, 1.807) is 12.5 Å². The molecule has 1 unspecified atom stereocenters. The fraction of sp³-hybridized carbons (Fsp3) is 0.897. The molecule has 0 bridgehead atoms. The van der Waals surface area contributed by atoms with E-state index >= 15 is 0 Å². The highest BCUT2D eigenvalue weighted by atomic mass is 16.5. The molecule has 4 rings (SSSR count). The molecular formula is C29H48O2. The third-order valence-corrected chi connectivity index (χ3v) is 10.6. The van der Waals surface area contributed by atoms with Crippen molar-refractivity contribution in [1.82, 2.24) is 0 Å². The maximum absolute atomic E-state index is 11.5. The van der Waals surface area contributed by atoms with E-state index in [0.717, 1.165) is 48.3 Å². The van der Waals surface area contributed by atoms with Crippen molar-refractivity contribution in [2.24, 2.45) is 46.3 Å². The number of esters is 1. The maximum atomic E-state index is 11.5. The van der Waals surface area contributed by atoms with Crippen LogP contribution < -0.4 is 0 Å². The molecule has 176 valence electrons. The van der Waals surface area contributed by atoms with Gasteiger partial charge in [0.1, 0.15) is 6.10 Å². The highest BCUT2D eigenvalue weighted by Crippen LogP contribution is 2.67. The number of hydrogen-bond donors (Lipinski definition) is 0. The highest BCUT2D eigenvalue weighted by Gasteiger charge is 2.59. The molecule has 31 heavy (non-hydrogen) atoms. The number of hydrogen-bond acceptors (Lipinski definition) is 2. The number of fused-ring (bicyclic) bond motifs is 5. The first kappa shape index (κ1) is 23.4. The van der Waals surface area contributed by atoms with Crippen molar-refractivity contribution in [2.45, 2.75) is 118 Å². The summed E-state index contributed by atoms with van der Waals surface area (Å²) in [6.45, 7) is 14.1. The van der Waals surface area contributed by atoms with Gasteiger partial charge in [0, 0.05) is 13.3 Å². The molecule has 4 aliphatic rings. The minimum atomic E-state index is -0.115. The SMILES string of the molecule is CC(=O)O[C@H]1CC[C@@]2(C)C(=CC[C@H]3[C@@H]4CC[C@H](C(C)CCCC(C)C)[C@@]4(C)CC[C@@H]32)C1. The molecule has 0 amide bonds. The van der Waals surface area contributed by atoms with Gasteiger partial charge in [-0.3, -0.25) is 4.79 Å². The predicted octanol–water partition coefficient (Wildman–Crippen LogP) is 7.96. The quantitative estimate of drug-likeness (QED) is 0.317. The third-order valence-electron chi connectivity index (χ3n) is 10.6. The Kier molecular flexibility index (Phi) is 6.68. The van der Waals surface area contributed by atoms with Crippen LogP contribution in [0.5, 0.6) is 0 Å². The first-order valence-electron chi connectivity index (χ1n) is 13.5. The summed E-state index contributed by atoms with van der Waals surface area (Å²) in [4.78, 5) is 11.5. The predicted molar refractivity (Wildman–Crippen MR) is 129 cm³/mol. The van der Waals surface area contributed by atoms with Crippen molar-refractivity contribution < 1.29 is 9.53 Å². The lowest BCUT2D eigenvalue weighted by molar-refractivity contribution is -0.148. The first-order chi connectivity index (χ1) is 14.6. The van der Waals surface area contributed by atoms with Gasteiger partial charge in [-0.25, -0.2) is 0 Å². The molecule has 0 spiro atoms. The second kappa shape index (κ2) is 8.86. The zero-order valence-corrected chi connectivity index (χ0v) is 21.2. The minimum absolute atomic E-state index is 0.115. The average Bonchev–Trinajstić information content (AvgIpc) is 3.05. The summed E-state index contributed by atoms with van der Waals surface area (Å²) in [7, 11) is 0. The average molecular weight is 429 g/mol. The smallest absolute Gasteiger partial charge is 0.302 e. The van der Waals surface area contributed by atoms with Gasteiger partial charge in [-0.2, -0.15) is 0 Å². The summed E-state index contributed by atoms with van der Waals surface area (Å²) in [5.41, 5.74) is 2.53. The molecule has 3 fully saturated rings. The molecule has 4 aliphatic carbocycles. The Morgan fingerprint density at radius 3 is 2.55 bits per heavy atom. The summed E-state index contributed by atoms with van der Waals surface area (Å²) < 4.78 is 5.61. The van der Waals surface area contributed by atoms with E-state index in [1.807, 2.05) is 0 Å². The summed E-state index contributed by atoms with van der Waals surface area (Å²) in [5, 5.41) is 0. The van der Waals surface area contributed by atoms with E-state index in [4.69, 9.17) is 4.74 Å². The van der Waals surface area contributed by atoms with Gasteiger partial charge in [-0.05, 0) is 91.3 Å². The minimum Gasteiger partial charge on any atom is -0.462 e. The molecule has 3 saturated carbocycles.